The molecule has 1 saturated carbocycles. The van der Waals surface area contributed by atoms with E-state index in [-0.39, 0.29) is 6.10 Å². The van der Waals surface area contributed by atoms with Crippen LogP contribution in [0.25, 0.3) is 0 Å². The minimum Gasteiger partial charge on any atom is -0.393 e. The van der Waals surface area contributed by atoms with Crippen molar-refractivity contribution in [3.63, 3.8) is 0 Å². The SMILES string of the molecule is CN1CCCC(N(C)C2CCC(O)C2)C1. The first-order chi connectivity index (χ1) is 7.16. The van der Waals surface area contributed by atoms with Gasteiger partial charge in [0.15, 0.2) is 0 Å². The topological polar surface area (TPSA) is 26.7 Å². The zero-order valence-corrected chi connectivity index (χ0v) is 10.0. The number of aliphatic hydroxyl groups excluding tert-OH is 1. The second-order valence-corrected chi connectivity index (χ2v) is 5.34. The molecule has 15 heavy (non-hydrogen) atoms. The molecule has 0 amide bonds. The summed E-state index contributed by atoms with van der Waals surface area (Å²) in [6.45, 7) is 2.45. The number of likely N-dealkylation sites (N-methyl/N-ethyl adjacent to an activating group) is 2. The number of nitrogens with zero attached hydrogens (tertiary/aromatic N) is 2. The third kappa shape index (κ3) is 2.71. The first-order valence-corrected chi connectivity index (χ1v) is 6.25. The molecular weight excluding hydrogens is 188 g/mol. The highest BCUT2D eigenvalue weighted by Crippen LogP contribution is 2.26. The fraction of sp³-hybridized carbons (Fsp3) is 1.00. The van der Waals surface area contributed by atoms with Crippen LogP contribution in [0, 0.1) is 0 Å². The van der Waals surface area contributed by atoms with Gasteiger partial charge >= 0.3 is 0 Å². The zero-order chi connectivity index (χ0) is 10.8. The molecule has 0 radical (unpaired) electrons. The monoisotopic (exact) mass is 212 g/mol. The molecule has 0 bridgehead atoms. The smallest absolute Gasteiger partial charge is 0.0555 e. The lowest BCUT2D eigenvalue weighted by molar-refractivity contribution is 0.0913. The largest absolute Gasteiger partial charge is 0.393 e. The van der Waals surface area contributed by atoms with Crippen LogP contribution in [0.3, 0.4) is 0 Å². The highest BCUT2D eigenvalue weighted by molar-refractivity contribution is 4.87. The molecule has 3 unspecified atom stereocenters. The lowest BCUT2D eigenvalue weighted by Crippen LogP contribution is -2.48. The molecule has 1 aliphatic carbocycles. The van der Waals surface area contributed by atoms with Gasteiger partial charge < -0.3 is 10.0 Å². The van der Waals surface area contributed by atoms with Crippen molar-refractivity contribution in [1.82, 2.24) is 9.80 Å². The van der Waals surface area contributed by atoms with Gasteiger partial charge in [-0.2, -0.15) is 0 Å². The minimum atomic E-state index is -0.0428. The maximum atomic E-state index is 9.56. The first-order valence-electron chi connectivity index (χ1n) is 6.25. The Labute approximate surface area is 93.1 Å². The number of aliphatic hydroxyl groups is 1. The van der Waals surface area contributed by atoms with E-state index in [1.165, 1.54) is 32.4 Å². The van der Waals surface area contributed by atoms with Gasteiger partial charge in [0.05, 0.1) is 6.10 Å². The normalized spacial score (nSPS) is 38.8. The van der Waals surface area contributed by atoms with Crippen LogP contribution >= 0.6 is 0 Å². The molecule has 3 atom stereocenters. The molecule has 0 aromatic heterocycles. The molecule has 2 rings (SSSR count). The summed E-state index contributed by atoms with van der Waals surface area (Å²) in [7, 11) is 4.45. The molecule has 2 aliphatic rings. The van der Waals surface area contributed by atoms with Crippen LogP contribution in [-0.2, 0) is 0 Å². The Morgan fingerprint density at radius 1 is 1.20 bits per heavy atom. The van der Waals surface area contributed by atoms with Gasteiger partial charge in [0, 0.05) is 18.6 Å². The van der Waals surface area contributed by atoms with E-state index in [0.717, 1.165) is 12.8 Å². The lowest BCUT2D eigenvalue weighted by Gasteiger charge is -2.39. The predicted octanol–water partition coefficient (Wildman–Crippen LogP) is 0.926. The van der Waals surface area contributed by atoms with E-state index in [2.05, 4.69) is 23.9 Å². The summed E-state index contributed by atoms with van der Waals surface area (Å²) in [5, 5.41) is 9.56. The van der Waals surface area contributed by atoms with E-state index in [1.807, 2.05) is 0 Å². The maximum Gasteiger partial charge on any atom is 0.0555 e. The summed E-state index contributed by atoms with van der Waals surface area (Å²) in [6.07, 6.45) is 5.76. The molecule has 2 fully saturated rings. The van der Waals surface area contributed by atoms with Crippen LogP contribution in [0.5, 0.6) is 0 Å². The average molecular weight is 212 g/mol. The van der Waals surface area contributed by atoms with E-state index in [9.17, 15) is 5.11 Å². The average Bonchev–Trinajstić information content (AvgIpc) is 2.64. The van der Waals surface area contributed by atoms with Crippen molar-refractivity contribution in [2.24, 2.45) is 0 Å². The highest BCUT2D eigenvalue weighted by atomic mass is 16.3. The molecule has 1 aliphatic heterocycles. The summed E-state index contributed by atoms with van der Waals surface area (Å²) in [6, 6.07) is 1.33. The fourth-order valence-corrected chi connectivity index (χ4v) is 3.07. The third-order valence-electron chi connectivity index (χ3n) is 4.13. The van der Waals surface area contributed by atoms with Crippen molar-refractivity contribution in [2.45, 2.75) is 50.3 Å². The summed E-state index contributed by atoms with van der Waals surface area (Å²) >= 11 is 0. The standard InChI is InChI=1S/C12H24N2O/c1-13-7-3-4-11(9-13)14(2)10-5-6-12(15)8-10/h10-12,15H,3-9H2,1-2H3. The van der Waals surface area contributed by atoms with E-state index in [4.69, 9.17) is 0 Å². The van der Waals surface area contributed by atoms with E-state index in [1.54, 1.807) is 0 Å². The van der Waals surface area contributed by atoms with E-state index < -0.39 is 0 Å². The molecule has 0 aromatic rings. The third-order valence-corrected chi connectivity index (χ3v) is 4.13. The molecule has 1 heterocycles. The van der Waals surface area contributed by atoms with Crippen LogP contribution < -0.4 is 0 Å². The van der Waals surface area contributed by atoms with Crippen LogP contribution in [0.2, 0.25) is 0 Å². The molecule has 1 saturated heterocycles. The van der Waals surface area contributed by atoms with Crippen LogP contribution in [0.1, 0.15) is 32.1 Å². The summed E-state index contributed by atoms with van der Waals surface area (Å²) in [5.74, 6) is 0. The van der Waals surface area contributed by atoms with Crippen LogP contribution in [0.4, 0.5) is 0 Å². The quantitative estimate of drug-likeness (QED) is 0.737. The minimum absolute atomic E-state index is 0.0428. The van der Waals surface area contributed by atoms with Gasteiger partial charge in [-0.25, -0.2) is 0 Å². The van der Waals surface area contributed by atoms with Crippen molar-refractivity contribution in [2.75, 3.05) is 27.2 Å². The van der Waals surface area contributed by atoms with Crippen molar-refractivity contribution >= 4 is 0 Å². The maximum absolute atomic E-state index is 9.56. The lowest BCUT2D eigenvalue weighted by atomic mass is 10.0. The predicted molar refractivity (Wildman–Crippen MR) is 61.9 cm³/mol. The Kier molecular flexibility index (Phi) is 3.65. The second-order valence-electron chi connectivity index (χ2n) is 5.34. The van der Waals surface area contributed by atoms with Gasteiger partial charge in [0.25, 0.3) is 0 Å². The second kappa shape index (κ2) is 4.81. The van der Waals surface area contributed by atoms with Gasteiger partial charge in [-0.15, -0.1) is 0 Å². The number of piperidine rings is 1. The van der Waals surface area contributed by atoms with Gasteiger partial charge in [-0.1, -0.05) is 0 Å². The van der Waals surface area contributed by atoms with Crippen molar-refractivity contribution in [1.29, 1.82) is 0 Å². The summed E-state index contributed by atoms with van der Waals surface area (Å²) in [5.41, 5.74) is 0. The molecule has 0 spiro atoms. The highest BCUT2D eigenvalue weighted by Gasteiger charge is 2.31. The van der Waals surface area contributed by atoms with Gasteiger partial charge in [-0.3, -0.25) is 4.90 Å². The number of hydrogen-bond donors (Lipinski definition) is 1. The fourth-order valence-electron chi connectivity index (χ4n) is 3.07. The Balaban J connectivity index is 1.86. The van der Waals surface area contributed by atoms with Crippen LogP contribution in [0.15, 0.2) is 0 Å². The van der Waals surface area contributed by atoms with Crippen molar-refractivity contribution < 1.29 is 5.11 Å². The van der Waals surface area contributed by atoms with Crippen LogP contribution in [-0.4, -0.2) is 60.3 Å². The first kappa shape index (κ1) is 11.4. The van der Waals surface area contributed by atoms with Crippen molar-refractivity contribution in [3.8, 4) is 0 Å². The van der Waals surface area contributed by atoms with Gasteiger partial charge in [0.1, 0.15) is 0 Å². The Morgan fingerprint density at radius 2 is 2.00 bits per heavy atom. The Morgan fingerprint density at radius 3 is 2.60 bits per heavy atom. The molecule has 3 nitrogen and oxygen atoms in total. The Hall–Kier alpha value is -0.120. The number of hydrogen-bond acceptors (Lipinski definition) is 3. The molecule has 1 N–H and O–H groups in total. The molecular formula is C12H24N2O. The zero-order valence-electron chi connectivity index (χ0n) is 10.0. The van der Waals surface area contributed by atoms with Gasteiger partial charge in [-0.05, 0) is 52.7 Å². The molecule has 88 valence electrons. The van der Waals surface area contributed by atoms with E-state index >= 15 is 0 Å². The molecule has 0 aromatic carbocycles. The summed E-state index contributed by atoms with van der Waals surface area (Å²) in [4.78, 5) is 4.95. The summed E-state index contributed by atoms with van der Waals surface area (Å²) < 4.78 is 0. The van der Waals surface area contributed by atoms with Gasteiger partial charge in [0.2, 0.25) is 0 Å². The van der Waals surface area contributed by atoms with Crippen molar-refractivity contribution in [3.05, 3.63) is 0 Å². The molecule has 3 heteroatoms. The van der Waals surface area contributed by atoms with E-state index in [0.29, 0.717) is 12.1 Å². The Bertz CT molecular complexity index is 210. The number of rotatable bonds is 2. The number of likely N-dealkylation sites (tertiary alicyclic amines) is 1.